The van der Waals surface area contributed by atoms with E-state index in [2.05, 4.69) is 12.2 Å². The van der Waals surface area contributed by atoms with Gasteiger partial charge in [0.15, 0.2) is 0 Å². The number of sulfonamides is 1. The van der Waals surface area contributed by atoms with E-state index < -0.39 is 10.0 Å². The highest BCUT2D eigenvalue weighted by molar-refractivity contribution is 7.89. The molecule has 1 aliphatic carbocycles. The molecule has 1 fully saturated rings. The maximum absolute atomic E-state index is 12.6. The summed E-state index contributed by atoms with van der Waals surface area (Å²) in [7, 11) is -1.76. The molecule has 1 N–H and O–H groups in total. The fourth-order valence-corrected chi connectivity index (χ4v) is 3.96. The summed E-state index contributed by atoms with van der Waals surface area (Å²) >= 11 is 0. The van der Waals surface area contributed by atoms with Gasteiger partial charge in [-0.2, -0.15) is 4.31 Å². The first-order valence-electron chi connectivity index (χ1n) is 7.25. The van der Waals surface area contributed by atoms with Crippen molar-refractivity contribution < 1.29 is 12.8 Å². The van der Waals surface area contributed by atoms with E-state index in [-0.39, 0.29) is 6.04 Å². The van der Waals surface area contributed by atoms with Gasteiger partial charge in [0.05, 0.1) is 6.54 Å². The van der Waals surface area contributed by atoms with Crippen LogP contribution in [-0.2, 0) is 16.6 Å². The Bertz CT molecular complexity index is 547. The summed E-state index contributed by atoms with van der Waals surface area (Å²) < 4.78 is 32.2. The summed E-state index contributed by atoms with van der Waals surface area (Å²) in [4.78, 5) is 0.306. The molecule has 0 bridgehead atoms. The molecule has 0 atom stereocenters. The molecule has 0 radical (unpaired) electrons. The average molecular weight is 300 g/mol. The van der Waals surface area contributed by atoms with Crippen LogP contribution >= 0.6 is 0 Å². The Morgan fingerprint density at radius 3 is 2.70 bits per heavy atom. The van der Waals surface area contributed by atoms with Crippen LogP contribution in [0.4, 0.5) is 0 Å². The monoisotopic (exact) mass is 300 g/mol. The maximum Gasteiger partial charge on any atom is 0.246 e. The van der Waals surface area contributed by atoms with E-state index in [1.54, 1.807) is 20.0 Å². The van der Waals surface area contributed by atoms with Crippen molar-refractivity contribution >= 4 is 10.0 Å². The molecule has 6 heteroatoms. The van der Waals surface area contributed by atoms with Crippen molar-refractivity contribution in [1.82, 2.24) is 9.62 Å². The summed E-state index contributed by atoms with van der Waals surface area (Å²) in [6.45, 7) is 5.26. The molecule has 1 saturated carbocycles. The van der Waals surface area contributed by atoms with Gasteiger partial charge in [0.2, 0.25) is 10.0 Å². The molecule has 0 aromatic carbocycles. The zero-order chi connectivity index (χ0) is 14.8. The molecule has 5 nitrogen and oxygen atoms in total. The van der Waals surface area contributed by atoms with Crippen molar-refractivity contribution in [2.45, 2.75) is 57.0 Å². The van der Waals surface area contributed by atoms with E-state index in [0.29, 0.717) is 23.0 Å². The third kappa shape index (κ3) is 3.07. The van der Waals surface area contributed by atoms with Crippen LogP contribution in [0.1, 0.15) is 44.1 Å². The third-order valence-electron chi connectivity index (χ3n) is 3.90. The van der Waals surface area contributed by atoms with Crippen LogP contribution in [0.15, 0.2) is 15.4 Å². The first kappa shape index (κ1) is 15.5. The predicted molar refractivity (Wildman–Crippen MR) is 78.0 cm³/mol. The van der Waals surface area contributed by atoms with Crippen molar-refractivity contribution in [3.8, 4) is 0 Å². The van der Waals surface area contributed by atoms with Gasteiger partial charge in [-0.05, 0) is 32.7 Å². The van der Waals surface area contributed by atoms with Crippen molar-refractivity contribution in [3.63, 3.8) is 0 Å². The average Bonchev–Trinajstić information content (AvgIpc) is 2.69. The Labute approximate surface area is 121 Å². The third-order valence-corrected chi connectivity index (χ3v) is 5.91. The molecule has 0 saturated heterocycles. The van der Waals surface area contributed by atoms with E-state index in [1.807, 2.05) is 0 Å². The van der Waals surface area contributed by atoms with E-state index in [4.69, 9.17) is 4.42 Å². The van der Waals surface area contributed by atoms with Gasteiger partial charge in [-0.3, -0.25) is 0 Å². The number of rotatable bonds is 7. The number of hydrogen-bond donors (Lipinski definition) is 1. The zero-order valence-electron chi connectivity index (χ0n) is 12.5. The van der Waals surface area contributed by atoms with Gasteiger partial charge in [-0.1, -0.05) is 13.3 Å². The lowest BCUT2D eigenvalue weighted by Crippen LogP contribution is -2.41. The van der Waals surface area contributed by atoms with Gasteiger partial charge in [-0.15, -0.1) is 0 Å². The van der Waals surface area contributed by atoms with Gasteiger partial charge in [0, 0.05) is 19.2 Å². The van der Waals surface area contributed by atoms with E-state index in [0.717, 1.165) is 32.2 Å². The molecule has 1 aromatic rings. The molecule has 114 valence electrons. The molecule has 1 aromatic heterocycles. The van der Waals surface area contributed by atoms with Gasteiger partial charge >= 0.3 is 0 Å². The highest BCUT2D eigenvalue weighted by Crippen LogP contribution is 2.30. The van der Waals surface area contributed by atoms with Gasteiger partial charge in [-0.25, -0.2) is 8.42 Å². The van der Waals surface area contributed by atoms with Crippen molar-refractivity contribution in [3.05, 3.63) is 17.6 Å². The minimum Gasteiger partial charge on any atom is -0.464 e. The highest BCUT2D eigenvalue weighted by Gasteiger charge is 2.33. The predicted octanol–water partition coefficient (Wildman–Crippen LogP) is 2.26. The molecule has 1 heterocycles. The lowest BCUT2D eigenvalue weighted by Gasteiger charge is -2.33. The molecular formula is C14H24N2O3S. The number of nitrogens with one attached hydrogen (secondary N) is 1. The van der Waals surface area contributed by atoms with E-state index in [1.165, 1.54) is 4.31 Å². The zero-order valence-corrected chi connectivity index (χ0v) is 13.3. The Kier molecular flexibility index (Phi) is 4.88. The SMILES string of the molecule is CCCNCc1cc(S(=O)(=O)N(C)C2CCC2)c(C)o1. The van der Waals surface area contributed by atoms with Crippen LogP contribution in [0.25, 0.3) is 0 Å². The molecule has 0 aliphatic heterocycles. The van der Waals surface area contributed by atoms with Crippen LogP contribution in [-0.4, -0.2) is 32.4 Å². The molecule has 0 spiro atoms. The van der Waals surface area contributed by atoms with E-state index in [9.17, 15) is 8.42 Å². The van der Waals surface area contributed by atoms with Gasteiger partial charge < -0.3 is 9.73 Å². The number of aryl methyl sites for hydroxylation is 1. The molecule has 20 heavy (non-hydrogen) atoms. The quantitative estimate of drug-likeness (QED) is 0.785. The van der Waals surface area contributed by atoms with Gasteiger partial charge in [0.1, 0.15) is 16.4 Å². The second-order valence-electron chi connectivity index (χ2n) is 5.42. The number of nitrogens with zero attached hydrogens (tertiary/aromatic N) is 1. The minimum atomic E-state index is -3.43. The Hall–Kier alpha value is -0.850. The molecule has 0 amide bonds. The summed E-state index contributed by atoms with van der Waals surface area (Å²) in [6.07, 6.45) is 4.06. The van der Waals surface area contributed by atoms with Crippen LogP contribution in [0.5, 0.6) is 0 Å². The van der Waals surface area contributed by atoms with Crippen molar-refractivity contribution in [2.75, 3.05) is 13.6 Å². The van der Waals surface area contributed by atoms with E-state index >= 15 is 0 Å². The lowest BCUT2D eigenvalue weighted by atomic mass is 9.94. The minimum absolute atomic E-state index is 0.149. The Morgan fingerprint density at radius 1 is 1.45 bits per heavy atom. The van der Waals surface area contributed by atoms with Crippen LogP contribution < -0.4 is 5.32 Å². The smallest absolute Gasteiger partial charge is 0.246 e. The lowest BCUT2D eigenvalue weighted by molar-refractivity contribution is 0.249. The summed E-state index contributed by atoms with van der Waals surface area (Å²) in [5.74, 6) is 1.15. The standard InChI is InChI=1S/C14H24N2O3S/c1-4-8-15-10-13-9-14(11(2)19-13)20(17,18)16(3)12-6-5-7-12/h9,12,15H,4-8,10H2,1-3H3. The first-order valence-corrected chi connectivity index (χ1v) is 8.69. The van der Waals surface area contributed by atoms with Crippen LogP contribution in [0, 0.1) is 6.92 Å². The maximum atomic E-state index is 12.6. The molecule has 0 unspecified atom stereocenters. The second kappa shape index (κ2) is 6.28. The fourth-order valence-electron chi connectivity index (χ4n) is 2.36. The largest absolute Gasteiger partial charge is 0.464 e. The Morgan fingerprint density at radius 2 is 2.15 bits per heavy atom. The molecular weight excluding hydrogens is 276 g/mol. The summed E-state index contributed by atoms with van der Waals surface area (Å²) in [5, 5.41) is 3.22. The summed E-state index contributed by atoms with van der Waals surface area (Å²) in [5.41, 5.74) is 0. The fraction of sp³-hybridized carbons (Fsp3) is 0.714. The molecule has 1 aliphatic rings. The molecule has 2 rings (SSSR count). The van der Waals surface area contributed by atoms with Crippen molar-refractivity contribution in [2.24, 2.45) is 0 Å². The first-order chi connectivity index (χ1) is 9.46. The highest BCUT2D eigenvalue weighted by atomic mass is 32.2. The normalized spacial score (nSPS) is 16.6. The van der Waals surface area contributed by atoms with Crippen molar-refractivity contribution in [1.29, 1.82) is 0 Å². The second-order valence-corrected chi connectivity index (χ2v) is 7.38. The Balaban J connectivity index is 2.14. The topological polar surface area (TPSA) is 62.6 Å². The van der Waals surface area contributed by atoms with Crippen LogP contribution in [0.2, 0.25) is 0 Å². The van der Waals surface area contributed by atoms with Crippen LogP contribution in [0.3, 0.4) is 0 Å². The summed E-state index contributed by atoms with van der Waals surface area (Å²) in [6, 6.07) is 1.80. The number of hydrogen-bond acceptors (Lipinski definition) is 4. The number of furan rings is 1. The van der Waals surface area contributed by atoms with Gasteiger partial charge in [0.25, 0.3) is 0 Å².